The summed E-state index contributed by atoms with van der Waals surface area (Å²) in [5, 5.41) is 13.0. The molecule has 0 amide bonds. The Labute approximate surface area is 123 Å². The van der Waals surface area contributed by atoms with Gasteiger partial charge in [-0.25, -0.2) is 4.79 Å². The second-order valence-electron chi connectivity index (χ2n) is 4.85. The van der Waals surface area contributed by atoms with Crippen molar-refractivity contribution in [3.8, 4) is 0 Å². The molecule has 0 aliphatic carbocycles. The van der Waals surface area contributed by atoms with Gasteiger partial charge in [0.25, 0.3) is 0 Å². The molecule has 0 saturated heterocycles. The minimum absolute atomic E-state index is 0.524. The van der Waals surface area contributed by atoms with Gasteiger partial charge >= 0.3 is 5.97 Å². The molecule has 0 spiro atoms. The first-order valence-corrected chi connectivity index (χ1v) is 6.66. The lowest BCUT2D eigenvalue weighted by Crippen LogP contribution is -2.20. The highest BCUT2D eigenvalue weighted by molar-refractivity contribution is 6.30. The highest BCUT2D eigenvalue weighted by Crippen LogP contribution is 2.24. The largest absolute Gasteiger partial charge is 0.479 e. The molecule has 0 fully saturated rings. The number of carbonyl (C=O) groups is 1. The molecule has 0 aliphatic rings. The third-order valence-corrected chi connectivity index (χ3v) is 3.20. The van der Waals surface area contributed by atoms with Crippen molar-refractivity contribution in [2.45, 2.75) is 19.9 Å². The Morgan fingerprint density at radius 1 is 1.15 bits per heavy atom. The van der Waals surface area contributed by atoms with E-state index < -0.39 is 12.0 Å². The van der Waals surface area contributed by atoms with Crippen LogP contribution in [0.25, 0.3) is 0 Å². The monoisotopic (exact) mass is 289 g/mol. The molecule has 0 aliphatic heterocycles. The molecule has 0 saturated carbocycles. The van der Waals surface area contributed by atoms with Gasteiger partial charge in [-0.15, -0.1) is 0 Å². The van der Waals surface area contributed by atoms with Crippen LogP contribution in [0, 0.1) is 13.8 Å². The molecular formula is C16H16ClNO2. The van der Waals surface area contributed by atoms with Crippen molar-refractivity contribution in [3.63, 3.8) is 0 Å². The number of benzene rings is 2. The van der Waals surface area contributed by atoms with Crippen LogP contribution >= 0.6 is 11.6 Å². The SMILES string of the molecule is Cc1cc(C)cc(NC(C(=O)O)c2cccc(Cl)c2)c1. The molecule has 4 heteroatoms. The Kier molecular flexibility index (Phi) is 4.30. The average Bonchev–Trinajstić information content (AvgIpc) is 2.34. The molecule has 0 heterocycles. The van der Waals surface area contributed by atoms with Crippen molar-refractivity contribution >= 4 is 23.3 Å². The van der Waals surface area contributed by atoms with E-state index in [1.807, 2.05) is 32.0 Å². The zero-order chi connectivity index (χ0) is 14.7. The van der Waals surface area contributed by atoms with Crippen molar-refractivity contribution in [2.75, 3.05) is 5.32 Å². The standard InChI is InChI=1S/C16H16ClNO2/c1-10-6-11(2)8-14(7-10)18-15(16(19)20)12-4-3-5-13(17)9-12/h3-9,15,18H,1-2H3,(H,19,20). The van der Waals surface area contributed by atoms with Crippen LogP contribution in [0.3, 0.4) is 0 Å². The minimum Gasteiger partial charge on any atom is -0.479 e. The van der Waals surface area contributed by atoms with E-state index in [2.05, 4.69) is 5.32 Å². The first-order valence-electron chi connectivity index (χ1n) is 6.29. The van der Waals surface area contributed by atoms with E-state index in [1.54, 1.807) is 24.3 Å². The molecule has 1 unspecified atom stereocenters. The summed E-state index contributed by atoms with van der Waals surface area (Å²) >= 11 is 5.93. The second-order valence-corrected chi connectivity index (χ2v) is 5.28. The Morgan fingerprint density at radius 3 is 2.35 bits per heavy atom. The normalized spacial score (nSPS) is 11.9. The topological polar surface area (TPSA) is 49.3 Å². The maximum absolute atomic E-state index is 11.5. The van der Waals surface area contributed by atoms with Crippen LogP contribution in [0.4, 0.5) is 5.69 Å². The molecule has 0 bridgehead atoms. The summed E-state index contributed by atoms with van der Waals surface area (Å²) < 4.78 is 0. The molecule has 2 aromatic rings. The van der Waals surface area contributed by atoms with Crippen molar-refractivity contribution in [2.24, 2.45) is 0 Å². The Balaban J connectivity index is 2.33. The molecule has 20 heavy (non-hydrogen) atoms. The van der Waals surface area contributed by atoms with Gasteiger partial charge in [0.2, 0.25) is 0 Å². The van der Waals surface area contributed by atoms with Gasteiger partial charge in [-0.2, -0.15) is 0 Å². The Bertz CT molecular complexity index is 620. The first-order chi connectivity index (χ1) is 9.45. The van der Waals surface area contributed by atoms with Crippen LogP contribution in [0.1, 0.15) is 22.7 Å². The molecular weight excluding hydrogens is 274 g/mol. The summed E-state index contributed by atoms with van der Waals surface area (Å²) in [4.78, 5) is 11.5. The summed E-state index contributed by atoms with van der Waals surface area (Å²) in [5.41, 5.74) is 3.59. The van der Waals surface area contributed by atoms with E-state index in [0.29, 0.717) is 10.6 Å². The lowest BCUT2D eigenvalue weighted by atomic mass is 10.1. The van der Waals surface area contributed by atoms with E-state index >= 15 is 0 Å². The number of aliphatic carboxylic acids is 1. The molecule has 0 radical (unpaired) electrons. The van der Waals surface area contributed by atoms with Crippen molar-refractivity contribution in [3.05, 3.63) is 64.2 Å². The molecule has 1 atom stereocenters. The van der Waals surface area contributed by atoms with E-state index in [-0.39, 0.29) is 0 Å². The predicted octanol–water partition coefficient (Wildman–Crippen LogP) is 4.19. The number of hydrogen-bond donors (Lipinski definition) is 2. The van der Waals surface area contributed by atoms with E-state index in [4.69, 9.17) is 11.6 Å². The smallest absolute Gasteiger partial charge is 0.330 e. The first kappa shape index (κ1) is 14.4. The maximum atomic E-state index is 11.5. The number of aryl methyl sites for hydroxylation is 2. The van der Waals surface area contributed by atoms with Crippen LogP contribution < -0.4 is 5.32 Å². The number of nitrogens with one attached hydrogen (secondary N) is 1. The van der Waals surface area contributed by atoms with Gasteiger partial charge in [0, 0.05) is 10.7 Å². The second kappa shape index (κ2) is 5.97. The highest BCUT2D eigenvalue weighted by Gasteiger charge is 2.19. The molecule has 2 N–H and O–H groups in total. The van der Waals surface area contributed by atoms with Crippen LogP contribution in [0.2, 0.25) is 5.02 Å². The van der Waals surface area contributed by atoms with Crippen molar-refractivity contribution < 1.29 is 9.90 Å². The minimum atomic E-state index is -0.938. The predicted molar refractivity (Wildman–Crippen MR) is 81.4 cm³/mol. The quantitative estimate of drug-likeness (QED) is 0.887. The van der Waals surface area contributed by atoms with Crippen molar-refractivity contribution in [1.82, 2.24) is 0 Å². The summed E-state index contributed by atoms with van der Waals surface area (Å²) in [5.74, 6) is -0.938. The maximum Gasteiger partial charge on any atom is 0.330 e. The fraction of sp³-hybridized carbons (Fsp3) is 0.188. The van der Waals surface area contributed by atoms with Gasteiger partial charge < -0.3 is 10.4 Å². The Hall–Kier alpha value is -2.00. The third kappa shape index (κ3) is 3.52. The number of halogens is 1. The van der Waals surface area contributed by atoms with Gasteiger partial charge in [0.15, 0.2) is 6.04 Å². The zero-order valence-corrected chi connectivity index (χ0v) is 12.1. The molecule has 2 rings (SSSR count). The fourth-order valence-corrected chi connectivity index (χ4v) is 2.40. The van der Waals surface area contributed by atoms with E-state index in [9.17, 15) is 9.90 Å². The van der Waals surface area contributed by atoms with Crippen LogP contribution in [-0.4, -0.2) is 11.1 Å². The fourth-order valence-electron chi connectivity index (χ4n) is 2.20. The summed E-state index contributed by atoms with van der Waals surface area (Å²) in [6.07, 6.45) is 0. The van der Waals surface area contributed by atoms with Gasteiger partial charge in [-0.1, -0.05) is 29.8 Å². The van der Waals surface area contributed by atoms with Crippen LogP contribution in [0.5, 0.6) is 0 Å². The summed E-state index contributed by atoms with van der Waals surface area (Å²) in [6.45, 7) is 3.96. The molecule has 104 valence electrons. The Morgan fingerprint density at radius 2 is 1.80 bits per heavy atom. The van der Waals surface area contributed by atoms with Crippen LogP contribution in [0.15, 0.2) is 42.5 Å². The lowest BCUT2D eigenvalue weighted by Gasteiger charge is -2.17. The van der Waals surface area contributed by atoms with E-state index in [1.165, 1.54) is 0 Å². The van der Waals surface area contributed by atoms with Crippen molar-refractivity contribution in [1.29, 1.82) is 0 Å². The number of hydrogen-bond acceptors (Lipinski definition) is 2. The molecule has 0 aromatic heterocycles. The summed E-state index contributed by atoms with van der Waals surface area (Å²) in [7, 11) is 0. The highest BCUT2D eigenvalue weighted by atomic mass is 35.5. The van der Waals surface area contributed by atoms with E-state index in [0.717, 1.165) is 16.8 Å². The van der Waals surface area contributed by atoms with Gasteiger partial charge in [0.1, 0.15) is 0 Å². The number of carboxylic acids is 1. The number of anilines is 1. The number of rotatable bonds is 4. The van der Waals surface area contributed by atoms with Crippen LogP contribution in [-0.2, 0) is 4.79 Å². The summed E-state index contributed by atoms with van der Waals surface area (Å²) in [6, 6.07) is 11.9. The molecule has 2 aromatic carbocycles. The average molecular weight is 290 g/mol. The third-order valence-electron chi connectivity index (χ3n) is 2.96. The van der Waals surface area contributed by atoms with Gasteiger partial charge in [-0.3, -0.25) is 0 Å². The van der Waals surface area contributed by atoms with Gasteiger partial charge in [0.05, 0.1) is 0 Å². The number of carboxylic acid groups (broad SMARTS) is 1. The molecule has 3 nitrogen and oxygen atoms in total. The zero-order valence-electron chi connectivity index (χ0n) is 11.4. The lowest BCUT2D eigenvalue weighted by molar-refractivity contribution is -0.138. The van der Waals surface area contributed by atoms with Gasteiger partial charge in [-0.05, 0) is 54.8 Å².